The number of nitrogens with one attached hydrogen (secondary N) is 1. The summed E-state index contributed by atoms with van der Waals surface area (Å²) in [6.45, 7) is 3.33. The van der Waals surface area contributed by atoms with Crippen molar-refractivity contribution < 1.29 is 9.59 Å². The number of nitrogens with zero attached hydrogens (tertiary/aromatic N) is 3. The number of H-pyrrole nitrogens is 1. The number of hydrogen-bond acceptors (Lipinski definition) is 4. The van der Waals surface area contributed by atoms with Crippen LogP contribution in [0.4, 0.5) is 5.69 Å². The zero-order valence-electron chi connectivity index (χ0n) is 16.7. The van der Waals surface area contributed by atoms with Gasteiger partial charge >= 0.3 is 0 Å². The van der Waals surface area contributed by atoms with Crippen molar-refractivity contribution in [1.82, 2.24) is 15.1 Å². The maximum atomic E-state index is 13.5. The van der Waals surface area contributed by atoms with Gasteiger partial charge in [0.05, 0.1) is 5.69 Å². The maximum Gasteiger partial charge on any atom is 0.264 e. The number of amides is 2. The average Bonchev–Trinajstić information content (AvgIpc) is 3.15. The van der Waals surface area contributed by atoms with E-state index in [1.165, 1.54) is 6.07 Å². The standard InChI is InChI=1S/C22H26N4O3/c1-16-4-8-18(9-5-16)25-14-2-12-22(21(25)29)13-3-15-26(22)20(28)11-7-17-6-10-19(27)24-23-17/h4-6,8-10H,2-3,7,11-15H2,1H3,(H,24,27). The van der Waals surface area contributed by atoms with Gasteiger partial charge in [0.15, 0.2) is 0 Å². The molecule has 0 bridgehead atoms. The molecule has 2 saturated heterocycles. The Bertz CT molecular complexity index is 948. The van der Waals surface area contributed by atoms with Crippen molar-refractivity contribution in [3.63, 3.8) is 0 Å². The molecule has 2 amide bonds. The fourth-order valence-electron chi connectivity index (χ4n) is 4.57. The molecule has 0 saturated carbocycles. The van der Waals surface area contributed by atoms with E-state index in [-0.39, 0.29) is 23.8 Å². The van der Waals surface area contributed by atoms with Crippen LogP contribution in [0.15, 0.2) is 41.2 Å². The topological polar surface area (TPSA) is 86.4 Å². The van der Waals surface area contributed by atoms with Crippen LogP contribution < -0.4 is 10.5 Å². The Labute approximate surface area is 169 Å². The minimum Gasteiger partial charge on any atom is -0.328 e. The second kappa shape index (κ2) is 7.81. The van der Waals surface area contributed by atoms with Crippen molar-refractivity contribution in [3.05, 3.63) is 58.0 Å². The van der Waals surface area contributed by atoms with Gasteiger partial charge in [-0.05, 0) is 50.8 Å². The van der Waals surface area contributed by atoms with Crippen molar-refractivity contribution in [1.29, 1.82) is 0 Å². The van der Waals surface area contributed by atoms with Gasteiger partial charge in [0, 0.05) is 37.7 Å². The minimum atomic E-state index is -0.724. The van der Waals surface area contributed by atoms with E-state index < -0.39 is 5.54 Å². The summed E-state index contributed by atoms with van der Waals surface area (Å²) in [5.41, 5.74) is 1.74. The molecular formula is C22H26N4O3. The van der Waals surface area contributed by atoms with Crippen LogP contribution in [0.5, 0.6) is 0 Å². The number of likely N-dealkylation sites (tertiary alicyclic amines) is 1. The summed E-state index contributed by atoms with van der Waals surface area (Å²) >= 11 is 0. The van der Waals surface area contributed by atoms with Gasteiger partial charge in [-0.15, -0.1) is 0 Å². The van der Waals surface area contributed by atoms with E-state index in [2.05, 4.69) is 10.2 Å². The monoisotopic (exact) mass is 394 g/mol. The predicted molar refractivity (Wildman–Crippen MR) is 110 cm³/mol. The third kappa shape index (κ3) is 3.69. The van der Waals surface area contributed by atoms with E-state index in [4.69, 9.17) is 0 Å². The summed E-state index contributed by atoms with van der Waals surface area (Å²) < 4.78 is 0. The summed E-state index contributed by atoms with van der Waals surface area (Å²) in [7, 11) is 0. The molecule has 3 heterocycles. The van der Waals surface area contributed by atoms with Gasteiger partial charge in [-0.1, -0.05) is 17.7 Å². The molecule has 0 aliphatic carbocycles. The van der Waals surface area contributed by atoms with Crippen molar-refractivity contribution in [2.24, 2.45) is 0 Å². The third-order valence-corrected chi connectivity index (χ3v) is 6.08. The number of rotatable bonds is 4. The average molecular weight is 394 g/mol. The molecule has 7 heteroatoms. The Morgan fingerprint density at radius 2 is 1.79 bits per heavy atom. The van der Waals surface area contributed by atoms with Crippen LogP contribution in [0.1, 0.15) is 43.4 Å². The normalized spacial score (nSPS) is 21.8. The number of aryl methyl sites for hydroxylation is 2. The molecule has 29 heavy (non-hydrogen) atoms. The van der Waals surface area contributed by atoms with Gasteiger partial charge in [0.25, 0.3) is 11.5 Å². The molecule has 1 unspecified atom stereocenters. The maximum absolute atomic E-state index is 13.5. The zero-order chi connectivity index (χ0) is 20.4. The first kappa shape index (κ1) is 19.4. The van der Waals surface area contributed by atoms with Gasteiger partial charge < -0.3 is 9.80 Å². The molecule has 0 radical (unpaired) electrons. The highest BCUT2D eigenvalue weighted by Gasteiger charge is 2.52. The predicted octanol–water partition coefficient (Wildman–Crippen LogP) is 2.20. The number of aromatic nitrogens is 2. The largest absolute Gasteiger partial charge is 0.328 e. The third-order valence-electron chi connectivity index (χ3n) is 6.08. The quantitative estimate of drug-likeness (QED) is 0.861. The molecule has 7 nitrogen and oxygen atoms in total. The molecule has 2 aromatic rings. The zero-order valence-corrected chi connectivity index (χ0v) is 16.7. The van der Waals surface area contributed by atoms with Crippen LogP contribution in [0.2, 0.25) is 0 Å². The Hall–Kier alpha value is -2.96. The first-order valence-electron chi connectivity index (χ1n) is 10.2. The SMILES string of the molecule is Cc1ccc(N2CCCC3(CCCN3C(=O)CCc3ccc(=O)[nH]n3)C2=O)cc1. The second-order valence-corrected chi connectivity index (χ2v) is 7.99. The lowest BCUT2D eigenvalue weighted by molar-refractivity contribution is -0.145. The number of benzene rings is 1. The molecular weight excluding hydrogens is 368 g/mol. The molecule has 2 aliphatic rings. The van der Waals surface area contributed by atoms with Crippen LogP contribution in [0.3, 0.4) is 0 Å². The van der Waals surface area contributed by atoms with E-state index in [0.717, 1.165) is 36.9 Å². The van der Waals surface area contributed by atoms with E-state index >= 15 is 0 Å². The number of hydrogen-bond donors (Lipinski definition) is 1. The highest BCUT2D eigenvalue weighted by molar-refractivity contribution is 6.03. The molecule has 1 atom stereocenters. The van der Waals surface area contributed by atoms with Crippen molar-refractivity contribution in [3.8, 4) is 0 Å². The highest BCUT2D eigenvalue weighted by Crippen LogP contribution is 2.40. The van der Waals surface area contributed by atoms with Crippen LogP contribution in [-0.2, 0) is 16.0 Å². The lowest BCUT2D eigenvalue weighted by Crippen LogP contribution is -2.61. The van der Waals surface area contributed by atoms with E-state index in [0.29, 0.717) is 25.2 Å². The minimum absolute atomic E-state index is 0.0189. The Kier molecular flexibility index (Phi) is 5.22. The molecule has 4 rings (SSSR count). The van der Waals surface area contributed by atoms with Crippen LogP contribution >= 0.6 is 0 Å². The smallest absolute Gasteiger partial charge is 0.264 e. The van der Waals surface area contributed by atoms with Crippen molar-refractivity contribution >= 4 is 17.5 Å². The lowest BCUT2D eigenvalue weighted by atomic mass is 9.84. The van der Waals surface area contributed by atoms with Gasteiger partial charge in [0.1, 0.15) is 5.54 Å². The van der Waals surface area contributed by atoms with Gasteiger partial charge in [-0.2, -0.15) is 5.10 Å². The Morgan fingerprint density at radius 3 is 2.48 bits per heavy atom. The van der Waals surface area contributed by atoms with Crippen molar-refractivity contribution in [2.75, 3.05) is 18.0 Å². The first-order chi connectivity index (χ1) is 14.0. The van der Waals surface area contributed by atoms with E-state index in [1.54, 1.807) is 11.0 Å². The van der Waals surface area contributed by atoms with E-state index in [9.17, 15) is 14.4 Å². The van der Waals surface area contributed by atoms with Crippen LogP contribution in [0, 0.1) is 6.92 Å². The van der Waals surface area contributed by atoms with Gasteiger partial charge in [0.2, 0.25) is 5.91 Å². The first-order valence-corrected chi connectivity index (χ1v) is 10.2. The molecule has 2 aliphatic heterocycles. The highest BCUT2D eigenvalue weighted by atomic mass is 16.2. The van der Waals surface area contributed by atoms with Crippen LogP contribution in [-0.4, -0.2) is 45.5 Å². The second-order valence-electron chi connectivity index (χ2n) is 7.99. The number of anilines is 1. The summed E-state index contributed by atoms with van der Waals surface area (Å²) in [4.78, 5) is 41.4. The number of carbonyl (C=O) groups is 2. The number of aromatic amines is 1. The molecule has 2 fully saturated rings. The summed E-state index contributed by atoms with van der Waals surface area (Å²) in [6.07, 6.45) is 3.88. The van der Waals surface area contributed by atoms with E-state index in [1.807, 2.05) is 36.1 Å². The summed E-state index contributed by atoms with van der Waals surface area (Å²) in [6, 6.07) is 11.0. The van der Waals surface area contributed by atoms with Gasteiger partial charge in [-0.25, -0.2) is 5.10 Å². The molecule has 1 aromatic carbocycles. The van der Waals surface area contributed by atoms with Crippen LogP contribution in [0.25, 0.3) is 0 Å². The lowest BCUT2D eigenvalue weighted by Gasteiger charge is -2.44. The molecule has 1 spiro atoms. The number of carbonyl (C=O) groups excluding carboxylic acids is 2. The summed E-state index contributed by atoms with van der Waals surface area (Å²) in [5, 5.41) is 6.36. The van der Waals surface area contributed by atoms with Gasteiger partial charge in [-0.3, -0.25) is 14.4 Å². The Morgan fingerprint density at radius 1 is 1.07 bits per heavy atom. The fourth-order valence-corrected chi connectivity index (χ4v) is 4.57. The van der Waals surface area contributed by atoms with Crippen molar-refractivity contribution in [2.45, 2.75) is 51.0 Å². The summed E-state index contributed by atoms with van der Waals surface area (Å²) in [5.74, 6) is 0.0234. The fraction of sp³-hybridized carbons (Fsp3) is 0.455. The number of piperidine rings is 1. The Balaban J connectivity index is 1.51. The molecule has 1 aromatic heterocycles. The molecule has 152 valence electrons. The molecule has 1 N–H and O–H groups in total.